The van der Waals surface area contributed by atoms with Crippen LogP contribution in [0.2, 0.25) is 0 Å². The van der Waals surface area contributed by atoms with E-state index in [-0.39, 0.29) is 12.6 Å². The molecule has 0 rings (SSSR count). The molecule has 0 radical (unpaired) electrons. The maximum atomic E-state index is 11.3. The Morgan fingerprint density at radius 1 is 1.47 bits per heavy atom. The van der Waals surface area contributed by atoms with E-state index in [1.54, 1.807) is 0 Å². The number of methoxy groups -OCH3 is 1. The fraction of sp³-hybridized carbons (Fsp3) is 0.917. The van der Waals surface area contributed by atoms with Crippen molar-refractivity contribution in [1.82, 2.24) is 10.2 Å². The molecule has 0 bridgehead atoms. The molecule has 17 heavy (non-hydrogen) atoms. The van der Waals surface area contributed by atoms with Gasteiger partial charge in [0.15, 0.2) is 5.60 Å². The van der Waals surface area contributed by atoms with E-state index in [0.717, 1.165) is 6.54 Å². The minimum Gasteiger partial charge on any atom is -0.467 e. The van der Waals surface area contributed by atoms with Crippen LogP contribution >= 0.6 is 0 Å². The summed E-state index contributed by atoms with van der Waals surface area (Å²) in [6.45, 7) is 6.71. The zero-order valence-corrected chi connectivity index (χ0v) is 11.8. The van der Waals surface area contributed by atoms with Gasteiger partial charge in [0.25, 0.3) is 0 Å². The van der Waals surface area contributed by atoms with Crippen molar-refractivity contribution >= 4 is 5.97 Å². The quantitative estimate of drug-likeness (QED) is 0.623. The molecule has 0 spiro atoms. The third-order valence-corrected chi connectivity index (χ3v) is 2.70. The molecule has 0 aromatic heterocycles. The first kappa shape index (κ1) is 16.4. The molecule has 5 nitrogen and oxygen atoms in total. The molecule has 2 atom stereocenters. The van der Waals surface area contributed by atoms with E-state index in [4.69, 9.17) is 0 Å². The zero-order valence-electron chi connectivity index (χ0n) is 11.8. The van der Waals surface area contributed by atoms with Crippen molar-refractivity contribution in [3.63, 3.8) is 0 Å². The predicted molar refractivity (Wildman–Crippen MR) is 67.8 cm³/mol. The Morgan fingerprint density at radius 2 is 2.00 bits per heavy atom. The number of carbonyl (C=O) groups excluding carboxylic acids is 1. The van der Waals surface area contributed by atoms with Gasteiger partial charge in [-0.05, 0) is 26.9 Å². The Labute approximate surface area is 104 Å². The van der Waals surface area contributed by atoms with Crippen LogP contribution in [-0.2, 0) is 9.53 Å². The summed E-state index contributed by atoms with van der Waals surface area (Å²) in [6, 6.07) is 0.223. The van der Waals surface area contributed by atoms with Gasteiger partial charge in [0.2, 0.25) is 0 Å². The lowest BCUT2D eigenvalue weighted by Crippen LogP contribution is -2.51. The van der Waals surface area contributed by atoms with Crippen molar-refractivity contribution in [1.29, 1.82) is 0 Å². The van der Waals surface area contributed by atoms with Crippen LogP contribution < -0.4 is 5.32 Å². The van der Waals surface area contributed by atoms with Gasteiger partial charge in [0, 0.05) is 19.1 Å². The molecule has 0 saturated carbocycles. The molecule has 2 N–H and O–H groups in total. The van der Waals surface area contributed by atoms with Crippen LogP contribution in [0.25, 0.3) is 0 Å². The van der Waals surface area contributed by atoms with Gasteiger partial charge >= 0.3 is 5.97 Å². The van der Waals surface area contributed by atoms with Crippen LogP contribution in [0.3, 0.4) is 0 Å². The molecule has 0 aliphatic carbocycles. The Balaban J connectivity index is 4.34. The predicted octanol–water partition coefficient (Wildman–Crippen LogP) is 0.0862. The summed E-state index contributed by atoms with van der Waals surface area (Å²) in [4.78, 5) is 13.4. The fourth-order valence-corrected chi connectivity index (χ4v) is 1.53. The Bertz CT molecular complexity index is 240. The van der Waals surface area contributed by atoms with Crippen LogP contribution in [0, 0.1) is 5.92 Å². The maximum absolute atomic E-state index is 11.3. The Kier molecular flexibility index (Phi) is 6.67. The first-order valence-electron chi connectivity index (χ1n) is 5.89. The molecule has 0 heterocycles. The second kappa shape index (κ2) is 6.93. The standard InChI is InChI=1S/C12H26N2O3/c1-9(2)10(7-14(4)5)13-8-12(3,16)11(15)17-6/h9-10,13,16H,7-8H2,1-6H3. The number of nitrogens with one attached hydrogen (secondary N) is 1. The summed E-state index contributed by atoms with van der Waals surface area (Å²) < 4.78 is 4.55. The number of rotatable bonds is 7. The smallest absolute Gasteiger partial charge is 0.338 e. The second-order valence-corrected chi connectivity index (χ2v) is 5.26. The number of likely N-dealkylation sites (N-methyl/N-ethyl adjacent to an activating group) is 1. The molecule has 5 heteroatoms. The van der Waals surface area contributed by atoms with E-state index >= 15 is 0 Å². The molecule has 2 unspecified atom stereocenters. The number of esters is 1. The Morgan fingerprint density at radius 3 is 2.35 bits per heavy atom. The fourth-order valence-electron chi connectivity index (χ4n) is 1.53. The summed E-state index contributed by atoms with van der Waals surface area (Å²) in [5.74, 6) is -0.191. The molecule has 0 aromatic rings. The average Bonchev–Trinajstić information content (AvgIpc) is 2.22. The summed E-state index contributed by atoms with van der Waals surface area (Å²) in [6.07, 6.45) is 0. The van der Waals surface area contributed by atoms with E-state index in [2.05, 4.69) is 28.8 Å². The molecular weight excluding hydrogens is 220 g/mol. The SMILES string of the molecule is COC(=O)C(C)(O)CNC(CN(C)C)C(C)C. The summed E-state index contributed by atoms with van der Waals surface area (Å²) in [7, 11) is 5.27. The molecule has 0 aromatic carbocycles. The van der Waals surface area contributed by atoms with Crippen LogP contribution in [0.4, 0.5) is 0 Å². The van der Waals surface area contributed by atoms with Gasteiger partial charge in [-0.3, -0.25) is 0 Å². The number of hydrogen-bond donors (Lipinski definition) is 2. The third-order valence-electron chi connectivity index (χ3n) is 2.70. The molecule has 0 aliphatic rings. The Hall–Kier alpha value is -0.650. The number of hydrogen-bond acceptors (Lipinski definition) is 5. The largest absolute Gasteiger partial charge is 0.467 e. The van der Waals surface area contributed by atoms with Gasteiger partial charge in [0.05, 0.1) is 7.11 Å². The first-order valence-corrected chi connectivity index (χ1v) is 5.89. The summed E-state index contributed by atoms with van der Waals surface area (Å²) >= 11 is 0. The van der Waals surface area contributed by atoms with Crippen LogP contribution in [-0.4, -0.2) is 61.9 Å². The van der Waals surface area contributed by atoms with Crippen LogP contribution in [0.1, 0.15) is 20.8 Å². The summed E-state index contributed by atoms with van der Waals surface area (Å²) in [5.41, 5.74) is -1.48. The number of aliphatic hydroxyl groups is 1. The molecule has 0 aliphatic heterocycles. The van der Waals surface area contributed by atoms with E-state index < -0.39 is 11.6 Å². The normalized spacial score (nSPS) is 17.0. The monoisotopic (exact) mass is 246 g/mol. The van der Waals surface area contributed by atoms with Gasteiger partial charge in [-0.2, -0.15) is 0 Å². The van der Waals surface area contributed by atoms with Gasteiger partial charge < -0.3 is 20.1 Å². The lowest BCUT2D eigenvalue weighted by molar-refractivity contribution is -0.160. The van der Waals surface area contributed by atoms with E-state index in [1.165, 1.54) is 14.0 Å². The topological polar surface area (TPSA) is 61.8 Å². The van der Waals surface area contributed by atoms with Crippen molar-refractivity contribution in [2.45, 2.75) is 32.4 Å². The minimum absolute atomic E-state index is 0.191. The summed E-state index contributed by atoms with van der Waals surface area (Å²) in [5, 5.41) is 13.1. The lowest BCUT2D eigenvalue weighted by atomic mass is 10.0. The number of nitrogens with zero attached hydrogens (tertiary/aromatic N) is 1. The maximum Gasteiger partial charge on any atom is 0.338 e. The van der Waals surface area contributed by atoms with Gasteiger partial charge in [-0.1, -0.05) is 13.8 Å². The highest BCUT2D eigenvalue weighted by atomic mass is 16.5. The number of ether oxygens (including phenoxy) is 1. The van der Waals surface area contributed by atoms with Crippen molar-refractivity contribution in [2.75, 3.05) is 34.3 Å². The van der Waals surface area contributed by atoms with Crippen molar-refractivity contribution < 1.29 is 14.6 Å². The van der Waals surface area contributed by atoms with E-state index in [1.807, 2.05) is 14.1 Å². The molecule has 102 valence electrons. The van der Waals surface area contributed by atoms with E-state index in [9.17, 15) is 9.90 Å². The average molecular weight is 246 g/mol. The van der Waals surface area contributed by atoms with Crippen LogP contribution in [0.15, 0.2) is 0 Å². The zero-order chi connectivity index (χ0) is 13.6. The van der Waals surface area contributed by atoms with Gasteiger partial charge in [0.1, 0.15) is 0 Å². The van der Waals surface area contributed by atoms with Gasteiger partial charge in [-0.25, -0.2) is 4.79 Å². The van der Waals surface area contributed by atoms with Crippen molar-refractivity contribution in [3.8, 4) is 0 Å². The highest BCUT2D eigenvalue weighted by molar-refractivity contribution is 5.78. The van der Waals surface area contributed by atoms with E-state index in [0.29, 0.717) is 5.92 Å². The van der Waals surface area contributed by atoms with Crippen molar-refractivity contribution in [2.24, 2.45) is 5.92 Å². The first-order chi connectivity index (χ1) is 7.70. The lowest BCUT2D eigenvalue weighted by Gasteiger charge is -2.29. The highest BCUT2D eigenvalue weighted by Crippen LogP contribution is 2.08. The minimum atomic E-state index is -1.48. The third kappa shape index (κ3) is 6.00. The second-order valence-electron chi connectivity index (χ2n) is 5.26. The number of carbonyl (C=O) groups is 1. The molecular formula is C12H26N2O3. The van der Waals surface area contributed by atoms with Crippen LogP contribution in [0.5, 0.6) is 0 Å². The molecule has 0 amide bonds. The molecule has 0 saturated heterocycles. The van der Waals surface area contributed by atoms with Gasteiger partial charge in [-0.15, -0.1) is 0 Å². The molecule has 0 fully saturated rings. The van der Waals surface area contributed by atoms with Crippen molar-refractivity contribution in [3.05, 3.63) is 0 Å². The highest BCUT2D eigenvalue weighted by Gasteiger charge is 2.32.